The van der Waals surface area contributed by atoms with Gasteiger partial charge >= 0.3 is 0 Å². The molecule has 1 aromatic heterocycles. The van der Waals surface area contributed by atoms with Crippen LogP contribution >= 0.6 is 0 Å². The van der Waals surface area contributed by atoms with Gasteiger partial charge in [-0.15, -0.1) is 0 Å². The standard InChI is InChI=1S/C14H21N3O/c1-9(2)5-11(7-15)10-3-4-12-13(6-10)17-14(8-18)16-12/h3-4,6,9,11,18H,5,7-8,15H2,1-2H3,(H,16,17). The summed E-state index contributed by atoms with van der Waals surface area (Å²) in [5, 5.41) is 9.07. The molecule has 2 aromatic rings. The molecule has 0 aliphatic heterocycles. The third-order valence-electron chi connectivity index (χ3n) is 3.22. The first-order valence-electron chi connectivity index (χ1n) is 6.43. The Morgan fingerprint density at radius 3 is 2.78 bits per heavy atom. The number of nitrogens with zero attached hydrogens (tertiary/aromatic N) is 1. The molecule has 4 nitrogen and oxygen atoms in total. The average molecular weight is 247 g/mol. The van der Waals surface area contributed by atoms with Gasteiger partial charge in [0.05, 0.1) is 11.0 Å². The van der Waals surface area contributed by atoms with Crippen LogP contribution in [0.1, 0.15) is 37.6 Å². The molecule has 0 amide bonds. The minimum atomic E-state index is -0.0592. The number of aliphatic hydroxyl groups is 1. The van der Waals surface area contributed by atoms with Gasteiger partial charge < -0.3 is 15.8 Å². The molecule has 0 aliphatic carbocycles. The maximum absolute atomic E-state index is 9.07. The Bertz CT molecular complexity index is 519. The van der Waals surface area contributed by atoms with Gasteiger partial charge in [-0.3, -0.25) is 0 Å². The molecule has 2 rings (SSSR count). The number of hydrogen-bond acceptors (Lipinski definition) is 3. The summed E-state index contributed by atoms with van der Waals surface area (Å²) in [6, 6.07) is 6.19. The average Bonchev–Trinajstić information content (AvgIpc) is 2.77. The minimum Gasteiger partial charge on any atom is -0.388 e. The highest BCUT2D eigenvalue weighted by Gasteiger charge is 2.13. The lowest BCUT2D eigenvalue weighted by molar-refractivity contribution is 0.273. The summed E-state index contributed by atoms with van der Waals surface area (Å²) in [6.45, 7) is 5.01. The van der Waals surface area contributed by atoms with Crippen LogP contribution in [0.2, 0.25) is 0 Å². The fourth-order valence-corrected chi connectivity index (χ4v) is 2.34. The van der Waals surface area contributed by atoms with E-state index in [1.54, 1.807) is 0 Å². The summed E-state index contributed by atoms with van der Waals surface area (Å²) < 4.78 is 0. The van der Waals surface area contributed by atoms with Crippen molar-refractivity contribution in [1.29, 1.82) is 0 Å². The minimum absolute atomic E-state index is 0.0592. The van der Waals surface area contributed by atoms with Crippen LogP contribution in [-0.4, -0.2) is 21.6 Å². The van der Waals surface area contributed by atoms with Crippen molar-refractivity contribution in [3.63, 3.8) is 0 Å². The Labute approximate surface area is 107 Å². The SMILES string of the molecule is CC(C)CC(CN)c1ccc2[nH]c(CO)nc2c1. The van der Waals surface area contributed by atoms with Gasteiger partial charge in [0.1, 0.15) is 12.4 Å². The molecule has 1 atom stereocenters. The maximum atomic E-state index is 9.07. The van der Waals surface area contributed by atoms with Crippen molar-refractivity contribution in [1.82, 2.24) is 9.97 Å². The Hall–Kier alpha value is -1.39. The molecule has 0 spiro atoms. The van der Waals surface area contributed by atoms with Crippen LogP contribution in [-0.2, 0) is 6.61 Å². The van der Waals surface area contributed by atoms with Crippen LogP contribution in [0.3, 0.4) is 0 Å². The second-order valence-corrected chi connectivity index (χ2v) is 5.18. The highest BCUT2D eigenvalue weighted by molar-refractivity contribution is 5.76. The molecule has 1 unspecified atom stereocenters. The zero-order chi connectivity index (χ0) is 13.1. The molecule has 4 N–H and O–H groups in total. The normalized spacial score (nSPS) is 13.4. The fourth-order valence-electron chi connectivity index (χ4n) is 2.34. The molecule has 4 heteroatoms. The predicted octanol–water partition coefficient (Wildman–Crippen LogP) is 2.14. The van der Waals surface area contributed by atoms with Crippen LogP contribution < -0.4 is 5.73 Å². The molecule has 1 heterocycles. The summed E-state index contributed by atoms with van der Waals surface area (Å²) in [6.07, 6.45) is 1.08. The van der Waals surface area contributed by atoms with E-state index >= 15 is 0 Å². The zero-order valence-corrected chi connectivity index (χ0v) is 11.0. The molecule has 0 aliphatic rings. The summed E-state index contributed by atoms with van der Waals surface area (Å²) in [7, 11) is 0. The van der Waals surface area contributed by atoms with E-state index in [1.165, 1.54) is 5.56 Å². The van der Waals surface area contributed by atoms with Gasteiger partial charge in [0.15, 0.2) is 0 Å². The van der Waals surface area contributed by atoms with Crippen molar-refractivity contribution in [2.45, 2.75) is 32.8 Å². The van der Waals surface area contributed by atoms with Crippen LogP contribution in [0.25, 0.3) is 11.0 Å². The monoisotopic (exact) mass is 247 g/mol. The van der Waals surface area contributed by atoms with Gasteiger partial charge in [0.2, 0.25) is 0 Å². The number of imidazole rings is 1. The van der Waals surface area contributed by atoms with Crippen LogP contribution in [0.4, 0.5) is 0 Å². The smallest absolute Gasteiger partial charge is 0.133 e. The number of rotatable bonds is 5. The van der Waals surface area contributed by atoms with Crippen molar-refractivity contribution < 1.29 is 5.11 Å². The van der Waals surface area contributed by atoms with Crippen LogP contribution in [0.15, 0.2) is 18.2 Å². The van der Waals surface area contributed by atoms with E-state index in [2.05, 4.69) is 35.9 Å². The number of hydrogen-bond donors (Lipinski definition) is 3. The van der Waals surface area contributed by atoms with E-state index in [4.69, 9.17) is 10.8 Å². The molecule has 0 radical (unpaired) electrons. The number of aliphatic hydroxyl groups excluding tert-OH is 1. The Morgan fingerprint density at radius 2 is 2.17 bits per heavy atom. The molecular weight excluding hydrogens is 226 g/mol. The summed E-state index contributed by atoms with van der Waals surface area (Å²) in [5.41, 5.74) is 8.95. The van der Waals surface area contributed by atoms with Gasteiger partial charge in [-0.2, -0.15) is 0 Å². The third-order valence-corrected chi connectivity index (χ3v) is 3.22. The maximum Gasteiger partial charge on any atom is 0.133 e. The number of nitrogens with one attached hydrogen (secondary N) is 1. The number of H-pyrrole nitrogens is 1. The summed E-state index contributed by atoms with van der Waals surface area (Å²) in [4.78, 5) is 7.42. The highest BCUT2D eigenvalue weighted by atomic mass is 16.3. The van der Waals surface area contributed by atoms with Crippen molar-refractivity contribution >= 4 is 11.0 Å². The summed E-state index contributed by atoms with van der Waals surface area (Å²) in [5.74, 6) is 1.61. The molecule has 0 bridgehead atoms. The van der Waals surface area contributed by atoms with Gasteiger partial charge in [-0.25, -0.2) is 4.98 Å². The number of aromatic amines is 1. The topological polar surface area (TPSA) is 74.9 Å². The van der Waals surface area contributed by atoms with Crippen LogP contribution in [0.5, 0.6) is 0 Å². The summed E-state index contributed by atoms with van der Waals surface area (Å²) >= 11 is 0. The van der Waals surface area contributed by atoms with Crippen LogP contribution in [0, 0.1) is 5.92 Å². The molecule has 98 valence electrons. The number of benzene rings is 1. The van der Waals surface area contributed by atoms with Crippen molar-refractivity contribution in [2.24, 2.45) is 11.7 Å². The van der Waals surface area contributed by atoms with E-state index in [9.17, 15) is 0 Å². The first kappa shape index (κ1) is 13.1. The lowest BCUT2D eigenvalue weighted by atomic mass is 9.90. The first-order valence-corrected chi connectivity index (χ1v) is 6.43. The lowest BCUT2D eigenvalue weighted by Crippen LogP contribution is -2.14. The molecule has 1 aromatic carbocycles. The highest BCUT2D eigenvalue weighted by Crippen LogP contribution is 2.25. The first-order chi connectivity index (χ1) is 8.63. The van der Waals surface area contributed by atoms with Gasteiger partial charge in [0, 0.05) is 0 Å². The predicted molar refractivity (Wildman–Crippen MR) is 73.3 cm³/mol. The number of fused-ring (bicyclic) bond motifs is 1. The Balaban J connectivity index is 2.32. The molecule has 0 saturated carbocycles. The van der Waals surface area contributed by atoms with E-state index in [0.717, 1.165) is 17.5 Å². The van der Waals surface area contributed by atoms with Crippen molar-refractivity contribution in [2.75, 3.05) is 6.54 Å². The number of nitrogens with two attached hydrogens (primary N) is 1. The molecular formula is C14H21N3O. The fraction of sp³-hybridized carbons (Fsp3) is 0.500. The number of aromatic nitrogens is 2. The largest absolute Gasteiger partial charge is 0.388 e. The van der Waals surface area contributed by atoms with E-state index in [-0.39, 0.29) is 6.61 Å². The van der Waals surface area contributed by atoms with E-state index in [0.29, 0.717) is 24.2 Å². The quantitative estimate of drug-likeness (QED) is 0.757. The second-order valence-electron chi connectivity index (χ2n) is 5.18. The lowest BCUT2D eigenvalue weighted by Gasteiger charge is -2.17. The van der Waals surface area contributed by atoms with Gasteiger partial charge in [0.25, 0.3) is 0 Å². The van der Waals surface area contributed by atoms with Crippen molar-refractivity contribution in [3.8, 4) is 0 Å². The van der Waals surface area contributed by atoms with Crippen molar-refractivity contribution in [3.05, 3.63) is 29.6 Å². The van der Waals surface area contributed by atoms with Gasteiger partial charge in [-0.1, -0.05) is 19.9 Å². The zero-order valence-electron chi connectivity index (χ0n) is 11.0. The Morgan fingerprint density at radius 1 is 1.39 bits per heavy atom. The van der Waals surface area contributed by atoms with E-state index in [1.807, 2.05) is 6.07 Å². The second kappa shape index (κ2) is 5.50. The Kier molecular flexibility index (Phi) is 3.99. The molecule has 18 heavy (non-hydrogen) atoms. The molecule has 0 fully saturated rings. The van der Waals surface area contributed by atoms with E-state index < -0.39 is 0 Å². The van der Waals surface area contributed by atoms with Gasteiger partial charge in [-0.05, 0) is 42.5 Å². The molecule has 0 saturated heterocycles. The third kappa shape index (κ3) is 2.71.